The number of esters is 1. The van der Waals surface area contributed by atoms with Gasteiger partial charge in [0.1, 0.15) is 11.7 Å². The summed E-state index contributed by atoms with van der Waals surface area (Å²) in [6.45, 7) is 6.28. The second-order valence-electron chi connectivity index (χ2n) is 10.3. The highest BCUT2D eigenvalue weighted by Crippen LogP contribution is 2.68. The van der Waals surface area contributed by atoms with E-state index >= 15 is 0 Å². The zero-order valence-electron chi connectivity index (χ0n) is 18.3. The maximum absolute atomic E-state index is 13.0. The van der Waals surface area contributed by atoms with Crippen molar-refractivity contribution in [3.05, 3.63) is 11.6 Å². The van der Waals surface area contributed by atoms with E-state index in [1.807, 2.05) is 0 Å². The Labute approximate surface area is 183 Å². The molecule has 4 aliphatic carbocycles. The van der Waals surface area contributed by atoms with Crippen molar-refractivity contribution in [2.45, 2.75) is 83.8 Å². The highest BCUT2D eigenvalue weighted by atomic mass is 79.9. The molecule has 4 rings (SSSR count). The van der Waals surface area contributed by atoms with Crippen LogP contribution in [0.15, 0.2) is 11.6 Å². The lowest BCUT2D eigenvalue weighted by Gasteiger charge is -2.59. The van der Waals surface area contributed by atoms with Crippen molar-refractivity contribution in [3.63, 3.8) is 0 Å². The summed E-state index contributed by atoms with van der Waals surface area (Å²) in [7, 11) is 1.73. The Bertz CT molecular complexity index is 732. The average molecular weight is 467 g/mol. The van der Waals surface area contributed by atoms with Gasteiger partial charge in [-0.3, -0.25) is 9.59 Å². The van der Waals surface area contributed by atoms with E-state index in [0.717, 1.165) is 51.4 Å². The fraction of sp³-hybridized carbons (Fsp3) is 0.833. The molecule has 0 aromatic carbocycles. The minimum absolute atomic E-state index is 0.0430. The monoisotopic (exact) mass is 466 g/mol. The van der Waals surface area contributed by atoms with Crippen molar-refractivity contribution in [1.29, 1.82) is 0 Å². The number of carbonyl (C=O) groups excluding carboxylic acids is 2. The highest BCUT2D eigenvalue weighted by Gasteiger charge is 2.66. The number of hydrogen-bond donors (Lipinski definition) is 0. The lowest BCUT2D eigenvalue weighted by molar-refractivity contribution is -0.167. The Morgan fingerprint density at radius 1 is 1.14 bits per heavy atom. The standard InChI is InChI=1S/C24H35BrO4/c1-15(26)29-17-7-10-22(2)16(13-17)5-6-18-19(22)8-11-23(3)20(18)9-12-24(23,28-4)21(27)14-25/h5,17-20H,6-14H2,1-4H3/t17-,18+,19-,20-,22-,23-,24-/m0/s1. The van der Waals surface area contributed by atoms with Crippen molar-refractivity contribution in [1.82, 2.24) is 0 Å². The molecule has 0 heterocycles. The molecular weight excluding hydrogens is 432 g/mol. The van der Waals surface area contributed by atoms with E-state index < -0.39 is 5.60 Å². The van der Waals surface area contributed by atoms with Gasteiger partial charge in [0.25, 0.3) is 0 Å². The molecule has 0 N–H and O–H groups in total. The predicted molar refractivity (Wildman–Crippen MR) is 116 cm³/mol. The number of halogens is 1. The molecule has 4 nitrogen and oxygen atoms in total. The third-order valence-electron chi connectivity index (χ3n) is 9.43. The largest absolute Gasteiger partial charge is 0.462 e. The first kappa shape index (κ1) is 21.5. The SMILES string of the molecule is CO[C@]1(C(=O)CBr)CC[C@H]2[C@@H]3CC=C4C[C@@H](OC(C)=O)CC[C@]4(C)[C@H]3CC[C@@]21C. The highest BCUT2D eigenvalue weighted by molar-refractivity contribution is 9.09. The van der Waals surface area contributed by atoms with E-state index in [1.54, 1.807) is 7.11 Å². The summed E-state index contributed by atoms with van der Waals surface area (Å²) in [5, 5.41) is 0.372. The molecule has 0 amide bonds. The van der Waals surface area contributed by atoms with Gasteiger partial charge in [-0.05, 0) is 68.1 Å². The molecule has 0 aliphatic heterocycles. The molecule has 0 aromatic rings. The summed E-state index contributed by atoms with van der Waals surface area (Å²) in [4.78, 5) is 24.4. The molecule has 0 aromatic heterocycles. The van der Waals surface area contributed by atoms with Gasteiger partial charge >= 0.3 is 5.97 Å². The quantitative estimate of drug-likeness (QED) is 0.323. The smallest absolute Gasteiger partial charge is 0.302 e. The molecule has 0 spiro atoms. The number of allylic oxidation sites excluding steroid dienone is 1. The maximum atomic E-state index is 13.0. The fourth-order valence-corrected chi connectivity index (χ4v) is 8.43. The molecule has 29 heavy (non-hydrogen) atoms. The first-order valence-electron chi connectivity index (χ1n) is 11.2. The summed E-state index contributed by atoms with van der Waals surface area (Å²) in [6, 6.07) is 0. The van der Waals surface area contributed by atoms with E-state index in [2.05, 4.69) is 35.9 Å². The first-order chi connectivity index (χ1) is 13.7. The molecular formula is C24H35BrO4. The molecule has 7 atom stereocenters. The van der Waals surface area contributed by atoms with Crippen LogP contribution in [0.25, 0.3) is 0 Å². The van der Waals surface area contributed by atoms with Crippen LogP contribution in [0.4, 0.5) is 0 Å². The third kappa shape index (κ3) is 3.01. The van der Waals surface area contributed by atoms with E-state index in [0.29, 0.717) is 23.1 Å². The van der Waals surface area contributed by atoms with Crippen LogP contribution in [-0.2, 0) is 19.1 Å². The van der Waals surface area contributed by atoms with Crippen molar-refractivity contribution in [2.24, 2.45) is 28.6 Å². The first-order valence-corrected chi connectivity index (χ1v) is 12.3. The number of alkyl halides is 1. The second-order valence-corrected chi connectivity index (χ2v) is 10.9. The number of carbonyl (C=O) groups is 2. The fourth-order valence-electron chi connectivity index (χ4n) is 7.98. The molecule has 4 aliphatic rings. The second kappa shape index (κ2) is 7.47. The average Bonchev–Trinajstić information content (AvgIpc) is 3.00. The summed E-state index contributed by atoms with van der Waals surface area (Å²) in [6.07, 6.45) is 10.7. The summed E-state index contributed by atoms with van der Waals surface area (Å²) < 4.78 is 11.6. The summed E-state index contributed by atoms with van der Waals surface area (Å²) in [5.74, 6) is 1.85. The van der Waals surface area contributed by atoms with E-state index in [-0.39, 0.29) is 28.7 Å². The van der Waals surface area contributed by atoms with Crippen LogP contribution in [-0.4, -0.2) is 35.9 Å². The van der Waals surface area contributed by atoms with Gasteiger partial charge in [0.2, 0.25) is 0 Å². The van der Waals surface area contributed by atoms with Gasteiger partial charge in [0.15, 0.2) is 5.78 Å². The summed E-state index contributed by atoms with van der Waals surface area (Å²) in [5.41, 5.74) is 1.000. The summed E-state index contributed by atoms with van der Waals surface area (Å²) >= 11 is 3.41. The molecule has 5 heteroatoms. The van der Waals surface area contributed by atoms with Crippen LogP contribution in [0.1, 0.15) is 72.1 Å². The molecule has 3 fully saturated rings. The van der Waals surface area contributed by atoms with Crippen molar-refractivity contribution in [2.75, 3.05) is 12.4 Å². The number of fused-ring (bicyclic) bond motifs is 5. The number of Topliss-reactive ketones (excluding diaryl/α,β-unsaturated/α-hetero) is 1. The van der Waals surface area contributed by atoms with Crippen molar-refractivity contribution < 1.29 is 19.1 Å². The molecule has 0 unspecified atom stereocenters. The molecule has 162 valence electrons. The number of rotatable bonds is 4. The van der Waals surface area contributed by atoms with Crippen LogP contribution in [0.5, 0.6) is 0 Å². The number of ether oxygens (including phenoxy) is 2. The van der Waals surface area contributed by atoms with E-state index in [4.69, 9.17) is 9.47 Å². The Morgan fingerprint density at radius 2 is 1.86 bits per heavy atom. The zero-order valence-corrected chi connectivity index (χ0v) is 19.8. The Balaban J connectivity index is 1.62. The zero-order chi connectivity index (χ0) is 21.0. The van der Waals surface area contributed by atoms with Crippen LogP contribution < -0.4 is 0 Å². The van der Waals surface area contributed by atoms with Crippen LogP contribution in [0.2, 0.25) is 0 Å². The van der Waals surface area contributed by atoms with Gasteiger partial charge in [0.05, 0.1) is 5.33 Å². The Kier molecular flexibility index (Phi) is 5.55. The van der Waals surface area contributed by atoms with Gasteiger partial charge in [-0.15, -0.1) is 0 Å². The Hall–Kier alpha value is -0.680. The topological polar surface area (TPSA) is 52.6 Å². The number of hydrogen-bond acceptors (Lipinski definition) is 4. The Morgan fingerprint density at radius 3 is 2.52 bits per heavy atom. The number of methoxy groups -OCH3 is 1. The molecule has 0 bridgehead atoms. The minimum Gasteiger partial charge on any atom is -0.462 e. The molecule has 0 saturated heterocycles. The van der Waals surface area contributed by atoms with Gasteiger partial charge in [-0.25, -0.2) is 0 Å². The third-order valence-corrected chi connectivity index (χ3v) is 9.94. The minimum atomic E-state index is -0.635. The predicted octanol–water partition coefficient (Wildman–Crippen LogP) is 5.23. The van der Waals surface area contributed by atoms with E-state index in [9.17, 15) is 9.59 Å². The number of ketones is 1. The van der Waals surface area contributed by atoms with Gasteiger partial charge in [-0.2, -0.15) is 0 Å². The van der Waals surface area contributed by atoms with Gasteiger partial charge in [-0.1, -0.05) is 41.4 Å². The molecule has 0 radical (unpaired) electrons. The van der Waals surface area contributed by atoms with Crippen LogP contribution in [0, 0.1) is 28.6 Å². The lowest BCUT2D eigenvalue weighted by Crippen LogP contribution is -2.58. The van der Waals surface area contributed by atoms with E-state index in [1.165, 1.54) is 12.5 Å². The molecule has 3 saturated carbocycles. The van der Waals surface area contributed by atoms with Gasteiger partial charge in [0, 0.05) is 25.9 Å². The lowest BCUT2D eigenvalue weighted by atomic mass is 9.46. The van der Waals surface area contributed by atoms with Crippen molar-refractivity contribution >= 4 is 27.7 Å². The van der Waals surface area contributed by atoms with Crippen LogP contribution in [0.3, 0.4) is 0 Å². The van der Waals surface area contributed by atoms with Crippen molar-refractivity contribution in [3.8, 4) is 0 Å². The van der Waals surface area contributed by atoms with Crippen LogP contribution >= 0.6 is 15.9 Å². The maximum Gasteiger partial charge on any atom is 0.302 e. The normalized spacial score (nSPS) is 46.2. The van der Waals surface area contributed by atoms with Gasteiger partial charge < -0.3 is 9.47 Å².